The Morgan fingerprint density at radius 1 is 1.62 bits per heavy atom. The highest BCUT2D eigenvalue weighted by Crippen LogP contribution is 2.40. The second-order valence-electron chi connectivity index (χ2n) is 3.90. The first-order valence-corrected chi connectivity index (χ1v) is 5.31. The van der Waals surface area contributed by atoms with E-state index in [0.717, 1.165) is 24.1 Å². The fourth-order valence-corrected chi connectivity index (χ4v) is 2.09. The van der Waals surface area contributed by atoms with Crippen LogP contribution in [-0.2, 0) is 0 Å². The largest absolute Gasteiger partial charge is 0.420 e. The van der Waals surface area contributed by atoms with Crippen molar-refractivity contribution in [2.75, 3.05) is 0 Å². The molecule has 0 saturated carbocycles. The molecule has 0 aromatic carbocycles. The molecule has 1 aliphatic heterocycles. The van der Waals surface area contributed by atoms with Gasteiger partial charge in [0.2, 0.25) is 11.8 Å². The molecule has 0 saturated heterocycles. The highest BCUT2D eigenvalue weighted by Gasteiger charge is 2.31. The number of aromatic amines is 1. The standard InChI is InChI=1S/C11H14N4O/c1-3-4-7-8(5-12)10(13)16-11-9(7)6(2)14-15-11/h7H,3-4,13H2,1-2H3,(H,14,15)/t7-/m1/s1. The molecule has 5 nitrogen and oxygen atoms in total. The van der Waals surface area contributed by atoms with Crippen molar-refractivity contribution in [1.82, 2.24) is 10.2 Å². The third kappa shape index (κ3) is 1.43. The molecule has 5 heteroatoms. The van der Waals surface area contributed by atoms with Gasteiger partial charge in [-0.05, 0) is 13.3 Å². The molecule has 16 heavy (non-hydrogen) atoms. The van der Waals surface area contributed by atoms with Gasteiger partial charge in [-0.25, -0.2) is 0 Å². The Labute approximate surface area is 93.9 Å². The first-order valence-electron chi connectivity index (χ1n) is 5.31. The fraction of sp³-hybridized carbons (Fsp3) is 0.455. The summed E-state index contributed by atoms with van der Waals surface area (Å²) >= 11 is 0. The predicted octanol–water partition coefficient (Wildman–Crippen LogP) is 1.69. The van der Waals surface area contributed by atoms with Gasteiger partial charge < -0.3 is 10.5 Å². The van der Waals surface area contributed by atoms with E-state index in [1.807, 2.05) is 6.92 Å². The summed E-state index contributed by atoms with van der Waals surface area (Å²) in [5, 5.41) is 16.0. The summed E-state index contributed by atoms with van der Waals surface area (Å²) in [5.74, 6) is 0.699. The number of rotatable bonds is 2. The van der Waals surface area contributed by atoms with Gasteiger partial charge in [-0.15, -0.1) is 5.10 Å². The van der Waals surface area contributed by atoms with E-state index < -0.39 is 0 Å². The molecule has 0 fully saturated rings. The number of nitrogens with two attached hydrogens (primary N) is 1. The molecular formula is C11H14N4O. The van der Waals surface area contributed by atoms with Gasteiger partial charge in [0.1, 0.15) is 6.07 Å². The average molecular weight is 218 g/mol. The number of hydrogen-bond donors (Lipinski definition) is 2. The van der Waals surface area contributed by atoms with Gasteiger partial charge in [0.05, 0.1) is 5.57 Å². The summed E-state index contributed by atoms with van der Waals surface area (Å²) < 4.78 is 5.33. The molecule has 1 atom stereocenters. The Morgan fingerprint density at radius 3 is 3.00 bits per heavy atom. The second kappa shape index (κ2) is 3.89. The van der Waals surface area contributed by atoms with Crippen LogP contribution in [0.5, 0.6) is 5.88 Å². The van der Waals surface area contributed by atoms with Gasteiger partial charge in [0.25, 0.3) is 0 Å². The average Bonchev–Trinajstić information content (AvgIpc) is 2.60. The minimum absolute atomic E-state index is 0.0116. The van der Waals surface area contributed by atoms with E-state index in [1.54, 1.807) is 0 Å². The number of H-pyrrole nitrogens is 1. The molecule has 0 aliphatic carbocycles. The van der Waals surface area contributed by atoms with Gasteiger partial charge in [-0.3, -0.25) is 5.10 Å². The SMILES string of the molecule is CCC[C@@H]1C(C#N)=C(N)Oc2n[nH]c(C)c21. The topological polar surface area (TPSA) is 87.7 Å². The highest BCUT2D eigenvalue weighted by atomic mass is 16.5. The van der Waals surface area contributed by atoms with Crippen LogP contribution in [0, 0.1) is 18.3 Å². The van der Waals surface area contributed by atoms with Gasteiger partial charge >= 0.3 is 0 Å². The number of nitrogens with zero attached hydrogens (tertiary/aromatic N) is 2. The summed E-state index contributed by atoms with van der Waals surface area (Å²) in [6.45, 7) is 4.00. The van der Waals surface area contributed by atoms with E-state index in [9.17, 15) is 0 Å². The lowest BCUT2D eigenvalue weighted by atomic mass is 9.87. The van der Waals surface area contributed by atoms with Crippen LogP contribution in [0.3, 0.4) is 0 Å². The minimum Gasteiger partial charge on any atom is -0.420 e. The van der Waals surface area contributed by atoms with Crippen molar-refractivity contribution in [3.05, 3.63) is 22.7 Å². The molecule has 2 rings (SSSR count). The number of nitrogens with one attached hydrogen (secondary N) is 1. The van der Waals surface area contributed by atoms with Crippen molar-refractivity contribution in [2.45, 2.75) is 32.6 Å². The molecule has 2 heterocycles. The van der Waals surface area contributed by atoms with E-state index >= 15 is 0 Å². The monoisotopic (exact) mass is 218 g/mol. The lowest BCUT2D eigenvalue weighted by Crippen LogP contribution is -2.20. The first-order chi connectivity index (χ1) is 7.69. The number of allylic oxidation sites excluding steroid dienone is 1. The van der Waals surface area contributed by atoms with Crippen LogP contribution in [0.15, 0.2) is 11.5 Å². The van der Waals surface area contributed by atoms with Crippen LogP contribution >= 0.6 is 0 Å². The summed E-state index contributed by atoms with van der Waals surface area (Å²) in [4.78, 5) is 0. The van der Waals surface area contributed by atoms with Crippen LogP contribution < -0.4 is 10.5 Å². The molecule has 3 N–H and O–H groups in total. The molecular weight excluding hydrogens is 204 g/mol. The predicted molar refractivity (Wildman–Crippen MR) is 58.4 cm³/mol. The minimum atomic E-state index is 0.0116. The zero-order valence-electron chi connectivity index (χ0n) is 9.37. The molecule has 1 aliphatic rings. The van der Waals surface area contributed by atoms with Crippen molar-refractivity contribution >= 4 is 0 Å². The van der Waals surface area contributed by atoms with E-state index in [2.05, 4.69) is 23.2 Å². The van der Waals surface area contributed by atoms with E-state index in [0.29, 0.717) is 11.5 Å². The van der Waals surface area contributed by atoms with E-state index in [-0.39, 0.29) is 11.8 Å². The third-order valence-corrected chi connectivity index (χ3v) is 2.83. The Morgan fingerprint density at radius 2 is 2.38 bits per heavy atom. The second-order valence-corrected chi connectivity index (χ2v) is 3.90. The van der Waals surface area contributed by atoms with Crippen LogP contribution in [0.25, 0.3) is 0 Å². The van der Waals surface area contributed by atoms with E-state index in [1.165, 1.54) is 0 Å². The molecule has 84 valence electrons. The van der Waals surface area contributed by atoms with Gasteiger partial charge in [0, 0.05) is 17.2 Å². The number of hydrogen-bond acceptors (Lipinski definition) is 4. The summed E-state index contributed by atoms with van der Waals surface area (Å²) in [6.07, 6.45) is 1.85. The number of aromatic nitrogens is 2. The van der Waals surface area contributed by atoms with Gasteiger partial charge in [0.15, 0.2) is 0 Å². The van der Waals surface area contributed by atoms with Crippen LogP contribution in [0.1, 0.15) is 36.9 Å². The maximum atomic E-state index is 9.11. The zero-order chi connectivity index (χ0) is 11.7. The normalized spacial score (nSPS) is 18.9. The van der Waals surface area contributed by atoms with Crippen LogP contribution in [0.4, 0.5) is 0 Å². The van der Waals surface area contributed by atoms with Crippen molar-refractivity contribution in [3.63, 3.8) is 0 Å². The van der Waals surface area contributed by atoms with Gasteiger partial charge in [-0.2, -0.15) is 5.26 Å². The number of fused-ring (bicyclic) bond motifs is 1. The first kappa shape index (κ1) is 10.6. The quantitative estimate of drug-likeness (QED) is 0.790. The Kier molecular flexibility index (Phi) is 2.57. The summed E-state index contributed by atoms with van der Waals surface area (Å²) in [5.41, 5.74) is 8.13. The molecule has 0 amide bonds. The number of aryl methyl sites for hydroxylation is 1. The lowest BCUT2D eigenvalue weighted by molar-refractivity contribution is 0.371. The lowest BCUT2D eigenvalue weighted by Gasteiger charge is -2.22. The highest BCUT2D eigenvalue weighted by molar-refractivity contribution is 5.48. The maximum Gasteiger partial charge on any atom is 0.243 e. The van der Waals surface area contributed by atoms with Gasteiger partial charge in [-0.1, -0.05) is 13.3 Å². The third-order valence-electron chi connectivity index (χ3n) is 2.83. The Hall–Kier alpha value is -1.96. The smallest absolute Gasteiger partial charge is 0.243 e. The molecule has 1 aromatic heterocycles. The summed E-state index contributed by atoms with van der Waals surface area (Å²) in [7, 11) is 0. The zero-order valence-corrected chi connectivity index (χ0v) is 9.37. The number of nitriles is 1. The Balaban J connectivity index is 2.52. The fourth-order valence-electron chi connectivity index (χ4n) is 2.09. The van der Waals surface area contributed by atoms with E-state index in [4.69, 9.17) is 15.7 Å². The van der Waals surface area contributed by atoms with Crippen molar-refractivity contribution < 1.29 is 4.74 Å². The molecule has 0 unspecified atom stereocenters. The molecule has 0 bridgehead atoms. The number of ether oxygens (including phenoxy) is 1. The molecule has 1 aromatic rings. The Bertz CT molecular complexity index is 481. The maximum absolute atomic E-state index is 9.11. The van der Waals surface area contributed by atoms with Crippen molar-refractivity contribution in [1.29, 1.82) is 5.26 Å². The molecule has 0 spiro atoms. The van der Waals surface area contributed by atoms with Crippen molar-refractivity contribution in [3.8, 4) is 11.9 Å². The summed E-state index contributed by atoms with van der Waals surface area (Å²) in [6, 6.07) is 2.13. The van der Waals surface area contributed by atoms with Crippen LogP contribution in [-0.4, -0.2) is 10.2 Å². The van der Waals surface area contributed by atoms with Crippen molar-refractivity contribution in [2.24, 2.45) is 5.73 Å². The van der Waals surface area contributed by atoms with Crippen LogP contribution in [0.2, 0.25) is 0 Å². The molecule has 0 radical (unpaired) electrons.